The van der Waals surface area contributed by atoms with Crippen LogP contribution in [0, 0.1) is 5.82 Å². The summed E-state index contributed by atoms with van der Waals surface area (Å²) in [6, 6.07) is 16.0. The number of fused-ring (bicyclic) bond motifs is 1. The number of hydrogen-bond donors (Lipinski definition) is 0. The zero-order valence-electron chi connectivity index (χ0n) is 12.7. The molecule has 0 unspecified atom stereocenters. The molecule has 3 aromatic rings. The number of thiazole rings is 1. The molecule has 0 spiro atoms. The lowest BCUT2D eigenvalue weighted by Gasteiger charge is -2.25. The van der Waals surface area contributed by atoms with Crippen molar-refractivity contribution in [1.29, 1.82) is 0 Å². The summed E-state index contributed by atoms with van der Waals surface area (Å²) < 4.78 is 15.3. The van der Waals surface area contributed by atoms with Gasteiger partial charge in [-0.1, -0.05) is 41.7 Å². The van der Waals surface area contributed by atoms with Gasteiger partial charge in [-0.2, -0.15) is 0 Å². The minimum absolute atomic E-state index is 0.0660. The fourth-order valence-corrected chi connectivity index (χ4v) is 3.59. The first-order valence-electron chi connectivity index (χ1n) is 7.52. The zero-order chi connectivity index (χ0) is 16.5. The SMILES string of the molecule is O=c1/c(=C\c2ccc(F)cc2)sc2n1CN(c1ccccc1)CN=2. The minimum atomic E-state index is -0.289. The molecular formula is C18H14FN3OS. The second kappa shape index (κ2) is 6.05. The number of para-hydroxylation sites is 1. The molecule has 1 aliphatic heterocycles. The first-order chi connectivity index (χ1) is 11.7. The van der Waals surface area contributed by atoms with Crippen molar-refractivity contribution in [3.8, 4) is 0 Å². The second-order valence-corrected chi connectivity index (χ2v) is 6.50. The molecule has 1 aliphatic rings. The highest BCUT2D eigenvalue weighted by Gasteiger charge is 2.15. The van der Waals surface area contributed by atoms with Crippen LogP contribution in [0.4, 0.5) is 10.1 Å². The third-order valence-electron chi connectivity index (χ3n) is 3.87. The number of aromatic nitrogens is 1. The molecule has 0 amide bonds. The summed E-state index contributed by atoms with van der Waals surface area (Å²) in [5.74, 6) is -0.289. The Morgan fingerprint density at radius 1 is 1.08 bits per heavy atom. The van der Waals surface area contributed by atoms with Gasteiger partial charge in [0.15, 0.2) is 4.80 Å². The molecule has 2 heterocycles. The molecule has 0 atom stereocenters. The van der Waals surface area contributed by atoms with E-state index in [-0.39, 0.29) is 11.4 Å². The van der Waals surface area contributed by atoms with Crippen molar-refractivity contribution in [2.75, 3.05) is 11.6 Å². The molecule has 2 aromatic carbocycles. The van der Waals surface area contributed by atoms with Crippen LogP contribution in [0.25, 0.3) is 6.08 Å². The maximum Gasteiger partial charge on any atom is 0.271 e. The van der Waals surface area contributed by atoms with E-state index < -0.39 is 0 Å². The first-order valence-corrected chi connectivity index (χ1v) is 8.34. The van der Waals surface area contributed by atoms with Gasteiger partial charge >= 0.3 is 0 Å². The van der Waals surface area contributed by atoms with Gasteiger partial charge in [0, 0.05) is 5.69 Å². The fraction of sp³-hybridized carbons (Fsp3) is 0.111. The highest BCUT2D eigenvalue weighted by Crippen LogP contribution is 2.14. The third kappa shape index (κ3) is 2.76. The monoisotopic (exact) mass is 339 g/mol. The number of rotatable bonds is 2. The average molecular weight is 339 g/mol. The molecule has 0 saturated heterocycles. The van der Waals surface area contributed by atoms with Crippen molar-refractivity contribution in [3.05, 3.63) is 85.7 Å². The molecule has 6 heteroatoms. The number of anilines is 1. The number of benzene rings is 2. The van der Waals surface area contributed by atoms with Crippen LogP contribution in [0.5, 0.6) is 0 Å². The lowest BCUT2D eigenvalue weighted by molar-refractivity contribution is 0.569. The molecule has 0 fully saturated rings. The summed E-state index contributed by atoms with van der Waals surface area (Å²) in [6.07, 6.45) is 1.78. The van der Waals surface area contributed by atoms with Gasteiger partial charge in [-0.3, -0.25) is 9.36 Å². The summed E-state index contributed by atoms with van der Waals surface area (Å²) in [7, 11) is 0. The quantitative estimate of drug-likeness (QED) is 0.715. The van der Waals surface area contributed by atoms with Crippen LogP contribution in [0.1, 0.15) is 5.56 Å². The van der Waals surface area contributed by atoms with Crippen molar-refractivity contribution in [2.24, 2.45) is 4.99 Å². The van der Waals surface area contributed by atoms with Crippen LogP contribution in [0.15, 0.2) is 64.4 Å². The van der Waals surface area contributed by atoms with E-state index >= 15 is 0 Å². The summed E-state index contributed by atoms with van der Waals surface area (Å²) in [4.78, 5) is 19.9. The van der Waals surface area contributed by atoms with E-state index in [1.54, 1.807) is 22.8 Å². The fourth-order valence-electron chi connectivity index (χ4n) is 2.62. The van der Waals surface area contributed by atoms with Gasteiger partial charge in [-0.05, 0) is 35.9 Å². The van der Waals surface area contributed by atoms with E-state index in [1.165, 1.54) is 23.5 Å². The summed E-state index contributed by atoms with van der Waals surface area (Å²) in [5.41, 5.74) is 1.77. The van der Waals surface area contributed by atoms with Gasteiger partial charge in [0.1, 0.15) is 19.2 Å². The molecule has 0 bridgehead atoms. The Balaban J connectivity index is 1.72. The molecule has 24 heavy (non-hydrogen) atoms. The van der Waals surface area contributed by atoms with Gasteiger partial charge in [-0.15, -0.1) is 0 Å². The zero-order valence-corrected chi connectivity index (χ0v) is 13.5. The van der Waals surface area contributed by atoms with Crippen molar-refractivity contribution >= 4 is 23.1 Å². The van der Waals surface area contributed by atoms with Crippen molar-refractivity contribution < 1.29 is 4.39 Å². The van der Waals surface area contributed by atoms with Crippen LogP contribution >= 0.6 is 11.3 Å². The molecule has 120 valence electrons. The Kier molecular flexibility index (Phi) is 3.74. The average Bonchev–Trinajstić information content (AvgIpc) is 2.93. The maximum absolute atomic E-state index is 13.0. The van der Waals surface area contributed by atoms with Gasteiger partial charge in [0.25, 0.3) is 5.56 Å². The Labute approximate surface area is 141 Å². The standard InChI is InChI=1S/C18H14FN3OS/c19-14-8-6-13(7-9-14)10-16-17(23)22-12-21(11-20-18(22)24-16)15-4-2-1-3-5-15/h1-10H,11-12H2/b16-10+. The molecule has 4 rings (SSSR count). The summed E-state index contributed by atoms with van der Waals surface area (Å²) in [5, 5.41) is 0. The van der Waals surface area contributed by atoms with E-state index in [0.717, 1.165) is 16.1 Å². The van der Waals surface area contributed by atoms with Crippen molar-refractivity contribution in [2.45, 2.75) is 6.67 Å². The molecule has 0 aliphatic carbocycles. The minimum Gasteiger partial charge on any atom is -0.334 e. The van der Waals surface area contributed by atoms with Crippen LogP contribution < -0.4 is 19.8 Å². The second-order valence-electron chi connectivity index (χ2n) is 5.49. The Morgan fingerprint density at radius 3 is 2.58 bits per heavy atom. The molecular weight excluding hydrogens is 325 g/mol. The third-order valence-corrected chi connectivity index (χ3v) is 4.91. The predicted octanol–water partition coefficient (Wildman–Crippen LogP) is 1.93. The Hall–Kier alpha value is -2.73. The molecule has 0 N–H and O–H groups in total. The Morgan fingerprint density at radius 2 is 1.83 bits per heavy atom. The van der Waals surface area contributed by atoms with Gasteiger partial charge in [-0.25, -0.2) is 9.38 Å². The summed E-state index contributed by atoms with van der Waals surface area (Å²) in [6.45, 7) is 1.01. The number of halogens is 1. The largest absolute Gasteiger partial charge is 0.334 e. The topological polar surface area (TPSA) is 37.6 Å². The van der Waals surface area contributed by atoms with Gasteiger partial charge in [0.05, 0.1) is 4.53 Å². The van der Waals surface area contributed by atoms with E-state index in [2.05, 4.69) is 4.99 Å². The van der Waals surface area contributed by atoms with Gasteiger partial charge < -0.3 is 4.90 Å². The van der Waals surface area contributed by atoms with Crippen LogP contribution in [0.2, 0.25) is 0 Å². The first kappa shape index (κ1) is 14.8. The van der Waals surface area contributed by atoms with Crippen LogP contribution in [0.3, 0.4) is 0 Å². The molecule has 0 saturated carbocycles. The van der Waals surface area contributed by atoms with E-state index in [9.17, 15) is 9.18 Å². The van der Waals surface area contributed by atoms with Crippen molar-refractivity contribution in [3.63, 3.8) is 0 Å². The van der Waals surface area contributed by atoms with E-state index in [1.807, 2.05) is 35.2 Å². The predicted molar refractivity (Wildman–Crippen MR) is 93.1 cm³/mol. The lowest BCUT2D eigenvalue weighted by atomic mass is 10.2. The maximum atomic E-state index is 13.0. The van der Waals surface area contributed by atoms with Crippen LogP contribution in [-0.2, 0) is 6.67 Å². The molecule has 4 nitrogen and oxygen atoms in total. The molecule has 0 radical (unpaired) electrons. The highest BCUT2D eigenvalue weighted by molar-refractivity contribution is 7.07. The van der Waals surface area contributed by atoms with E-state index in [0.29, 0.717) is 17.9 Å². The lowest BCUT2D eigenvalue weighted by Crippen LogP contribution is -2.42. The van der Waals surface area contributed by atoms with Gasteiger partial charge in [0.2, 0.25) is 0 Å². The highest BCUT2D eigenvalue weighted by atomic mass is 32.1. The van der Waals surface area contributed by atoms with Crippen molar-refractivity contribution in [1.82, 2.24) is 4.57 Å². The number of hydrogen-bond acceptors (Lipinski definition) is 4. The van der Waals surface area contributed by atoms with E-state index in [4.69, 9.17) is 0 Å². The normalized spacial score (nSPS) is 14.4. The number of nitrogens with zero attached hydrogens (tertiary/aromatic N) is 3. The Bertz CT molecular complexity index is 1040. The van der Waals surface area contributed by atoms with Crippen LogP contribution in [-0.4, -0.2) is 11.2 Å². The smallest absolute Gasteiger partial charge is 0.271 e. The molecule has 1 aromatic heterocycles. The summed E-state index contributed by atoms with van der Waals surface area (Å²) >= 11 is 1.37.